The van der Waals surface area contributed by atoms with E-state index in [-0.39, 0.29) is 11.7 Å². The van der Waals surface area contributed by atoms with Crippen LogP contribution in [-0.2, 0) is 4.79 Å². The predicted molar refractivity (Wildman–Crippen MR) is 89.0 cm³/mol. The molecule has 9 heteroatoms. The second-order valence-corrected chi connectivity index (χ2v) is 5.62. The normalized spacial score (nSPS) is 14.0. The summed E-state index contributed by atoms with van der Waals surface area (Å²) < 4.78 is 12.3. The fraction of sp³-hybridized carbons (Fsp3) is 0.375. The van der Waals surface area contributed by atoms with Gasteiger partial charge in [0.2, 0.25) is 0 Å². The minimum atomic E-state index is -0.651. The van der Waals surface area contributed by atoms with Crippen molar-refractivity contribution in [3.63, 3.8) is 0 Å². The molecular formula is C16H18N4O5. The van der Waals surface area contributed by atoms with Crippen molar-refractivity contribution in [3.05, 3.63) is 40.1 Å². The van der Waals surface area contributed by atoms with Gasteiger partial charge in [0.1, 0.15) is 13.2 Å². The minimum absolute atomic E-state index is 0.275. The molecule has 1 unspecified atom stereocenters. The van der Waals surface area contributed by atoms with Crippen LogP contribution in [0.3, 0.4) is 0 Å². The lowest BCUT2D eigenvalue weighted by molar-refractivity contribution is -0.389. The smallest absolute Gasteiger partial charge is 0.390 e. The molecule has 1 aliphatic heterocycles. The van der Waals surface area contributed by atoms with Gasteiger partial charge in [0.25, 0.3) is 5.91 Å². The van der Waals surface area contributed by atoms with Gasteiger partial charge >= 0.3 is 5.82 Å². The zero-order valence-electron chi connectivity index (χ0n) is 13.9. The summed E-state index contributed by atoms with van der Waals surface area (Å²) in [6.45, 7) is 4.45. The van der Waals surface area contributed by atoms with Crippen molar-refractivity contribution in [2.75, 3.05) is 18.5 Å². The number of carbonyl (C=O) groups excluding carboxylic acids is 1. The van der Waals surface area contributed by atoms with E-state index in [4.69, 9.17) is 9.47 Å². The Morgan fingerprint density at radius 3 is 2.72 bits per heavy atom. The number of fused-ring (bicyclic) bond motifs is 1. The highest BCUT2D eigenvalue weighted by atomic mass is 16.6. The topological polar surface area (TPSA) is 109 Å². The Morgan fingerprint density at radius 2 is 2.08 bits per heavy atom. The summed E-state index contributed by atoms with van der Waals surface area (Å²) in [6.07, 6.45) is 0.441. The number of aryl methyl sites for hydroxylation is 1. The molecule has 1 atom stereocenters. The van der Waals surface area contributed by atoms with Crippen LogP contribution in [0.4, 0.5) is 11.5 Å². The highest BCUT2D eigenvalue weighted by Gasteiger charge is 2.27. The molecule has 0 bridgehead atoms. The number of nitrogens with one attached hydrogen (secondary N) is 1. The number of carbonyl (C=O) groups is 1. The SMILES string of the molecule is CCC(C(=O)Nc1ccc2c(c1)OCCO2)n1nc([N+](=O)[O-])cc1C. The standard InChI is InChI=1S/C16H18N4O5/c1-3-12(19-10(2)8-15(18-19)20(22)23)16(21)17-11-4-5-13-14(9-11)25-7-6-24-13/h4-5,8-9,12H,3,6-7H2,1-2H3,(H,17,21). The van der Waals surface area contributed by atoms with E-state index in [1.165, 1.54) is 10.7 Å². The van der Waals surface area contributed by atoms with Gasteiger partial charge in [0.05, 0.1) is 16.9 Å². The van der Waals surface area contributed by atoms with E-state index in [2.05, 4.69) is 10.4 Å². The van der Waals surface area contributed by atoms with E-state index < -0.39 is 11.0 Å². The third-order valence-corrected chi connectivity index (χ3v) is 3.89. The van der Waals surface area contributed by atoms with Crippen LogP contribution < -0.4 is 14.8 Å². The number of hydrogen-bond donors (Lipinski definition) is 1. The van der Waals surface area contributed by atoms with Gasteiger partial charge in [-0.1, -0.05) is 6.92 Å². The van der Waals surface area contributed by atoms with Crippen LogP contribution in [0.5, 0.6) is 11.5 Å². The largest absolute Gasteiger partial charge is 0.486 e. The van der Waals surface area contributed by atoms with Crippen LogP contribution in [0.25, 0.3) is 0 Å². The van der Waals surface area contributed by atoms with Crippen molar-refractivity contribution in [1.82, 2.24) is 9.78 Å². The molecule has 1 aliphatic rings. The molecule has 0 spiro atoms. The van der Waals surface area contributed by atoms with Crippen LogP contribution in [0, 0.1) is 17.0 Å². The number of aromatic nitrogens is 2. The number of ether oxygens (including phenoxy) is 2. The van der Waals surface area contributed by atoms with Gasteiger partial charge in [-0.3, -0.25) is 4.79 Å². The third-order valence-electron chi connectivity index (χ3n) is 3.89. The molecule has 1 N–H and O–H groups in total. The van der Waals surface area contributed by atoms with Crippen molar-refractivity contribution >= 4 is 17.4 Å². The maximum absolute atomic E-state index is 12.6. The van der Waals surface area contributed by atoms with Gasteiger partial charge < -0.3 is 24.9 Å². The maximum atomic E-state index is 12.6. The van der Waals surface area contributed by atoms with E-state index in [1.807, 2.05) is 6.92 Å². The lowest BCUT2D eigenvalue weighted by Gasteiger charge is -2.19. The molecule has 1 aromatic carbocycles. The summed E-state index contributed by atoms with van der Waals surface area (Å²) in [7, 11) is 0. The predicted octanol–water partition coefficient (Wildman–Crippen LogP) is 2.46. The van der Waals surface area contributed by atoms with Gasteiger partial charge in [-0.25, -0.2) is 0 Å². The Bertz CT molecular complexity index is 817. The van der Waals surface area contributed by atoms with Crippen LogP contribution in [0.15, 0.2) is 24.3 Å². The van der Waals surface area contributed by atoms with Gasteiger partial charge in [0, 0.05) is 11.8 Å². The van der Waals surface area contributed by atoms with Crippen molar-refractivity contribution in [2.24, 2.45) is 0 Å². The van der Waals surface area contributed by atoms with Crippen LogP contribution in [-0.4, -0.2) is 33.8 Å². The molecule has 1 aromatic heterocycles. The Morgan fingerprint density at radius 1 is 1.36 bits per heavy atom. The summed E-state index contributed by atoms with van der Waals surface area (Å²) in [5.74, 6) is 0.626. The van der Waals surface area contributed by atoms with Gasteiger partial charge in [0.15, 0.2) is 17.5 Å². The third kappa shape index (κ3) is 3.39. The highest BCUT2D eigenvalue weighted by molar-refractivity contribution is 5.94. The molecule has 9 nitrogen and oxygen atoms in total. The quantitative estimate of drug-likeness (QED) is 0.658. The number of anilines is 1. The average Bonchev–Trinajstić information content (AvgIpc) is 2.97. The first-order chi connectivity index (χ1) is 12.0. The first-order valence-corrected chi connectivity index (χ1v) is 7.90. The molecule has 1 amide bonds. The molecule has 0 fully saturated rings. The van der Waals surface area contributed by atoms with Crippen molar-refractivity contribution < 1.29 is 19.2 Å². The van der Waals surface area contributed by atoms with E-state index in [0.29, 0.717) is 42.5 Å². The van der Waals surface area contributed by atoms with E-state index in [9.17, 15) is 14.9 Å². The summed E-state index contributed by atoms with van der Waals surface area (Å²) in [5.41, 5.74) is 1.11. The Labute approximate surface area is 143 Å². The molecule has 3 rings (SSSR count). The monoisotopic (exact) mass is 346 g/mol. The second kappa shape index (κ2) is 6.80. The molecular weight excluding hydrogens is 328 g/mol. The first-order valence-electron chi connectivity index (χ1n) is 7.90. The van der Waals surface area contributed by atoms with Crippen LogP contribution in [0.1, 0.15) is 25.1 Å². The Balaban J connectivity index is 1.80. The number of benzene rings is 1. The van der Waals surface area contributed by atoms with Gasteiger partial charge in [-0.2, -0.15) is 4.68 Å². The minimum Gasteiger partial charge on any atom is -0.486 e. The summed E-state index contributed by atoms with van der Waals surface area (Å²) >= 11 is 0. The van der Waals surface area contributed by atoms with Crippen LogP contribution >= 0.6 is 0 Å². The Hall–Kier alpha value is -3.10. The maximum Gasteiger partial charge on any atom is 0.390 e. The molecule has 0 saturated heterocycles. The van der Waals surface area contributed by atoms with Crippen molar-refractivity contribution in [2.45, 2.75) is 26.3 Å². The van der Waals surface area contributed by atoms with Gasteiger partial charge in [-0.15, -0.1) is 0 Å². The van der Waals surface area contributed by atoms with E-state index in [0.717, 1.165) is 0 Å². The molecule has 0 aliphatic carbocycles. The molecule has 2 heterocycles. The molecule has 132 valence electrons. The number of nitro groups is 1. The molecule has 0 radical (unpaired) electrons. The fourth-order valence-corrected chi connectivity index (χ4v) is 2.69. The fourth-order valence-electron chi connectivity index (χ4n) is 2.69. The second-order valence-electron chi connectivity index (χ2n) is 5.62. The van der Waals surface area contributed by atoms with E-state index >= 15 is 0 Å². The lowest BCUT2D eigenvalue weighted by Crippen LogP contribution is -2.27. The van der Waals surface area contributed by atoms with Crippen molar-refractivity contribution in [1.29, 1.82) is 0 Å². The molecule has 2 aromatic rings. The summed E-state index contributed by atoms with van der Waals surface area (Å²) in [5, 5.41) is 17.6. The number of nitrogens with zero attached hydrogens (tertiary/aromatic N) is 3. The van der Waals surface area contributed by atoms with Gasteiger partial charge in [-0.05, 0) is 30.4 Å². The molecule has 0 saturated carbocycles. The zero-order valence-corrected chi connectivity index (χ0v) is 13.9. The van der Waals surface area contributed by atoms with Crippen molar-refractivity contribution in [3.8, 4) is 11.5 Å². The number of amides is 1. The molecule has 25 heavy (non-hydrogen) atoms. The summed E-state index contributed by atoms with van der Waals surface area (Å²) in [4.78, 5) is 22.9. The first kappa shape index (κ1) is 16.7. The zero-order chi connectivity index (χ0) is 18.0. The number of rotatable bonds is 5. The average molecular weight is 346 g/mol. The Kier molecular flexibility index (Phi) is 4.55. The highest BCUT2D eigenvalue weighted by Crippen LogP contribution is 2.33. The summed E-state index contributed by atoms with van der Waals surface area (Å²) in [6, 6.07) is 5.84. The van der Waals surface area contributed by atoms with Crippen LogP contribution in [0.2, 0.25) is 0 Å². The number of hydrogen-bond acceptors (Lipinski definition) is 6. The van der Waals surface area contributed by atoms with E-state index in [1.54, 1.807) is 25.1 Å². The lowest BCUT2D eigenvalue weighted by atomic mass is 10.2.